The Morgan fingerprint density at radius 2 is 2.27 bits per heavy atom. The third kappa shape index (κ3) is 6.72. The van der Waals surface area contributed by atoms with Gasteiger partial charge in [-0.2, -0.15) is 0 Å². The van der Waals surface area contributed by atoms with Crippen molar-refractivity contribution < 1.29 is 14.3 Å². The molecule has 1 aliphatic rings. The molecular formula is C19H30N4O3. The smallest absolute Gasteiger partial charge is 0.223 e. The Bertz CT molecular complexity index is 567. The number of likely N-dealkylation sites (N-methyl/N-ethyl adjacent to an activating group) is 1. The van der Waals surface area contributed by atoms with E-state index in [1.54, 1.807) is 18.2 Å². The van der Waals surface area contributed by atoms with Gasteiger partial charge in [0.05, 0.1) is 6.61 Å². The molecule has 26 heavy (non-hydrogen) atoms. The van der Waals surface area contributed by atoms with Crippen molar-refractivity contribution in [2.45, 2.75) is 38.3 Å². The van der Waals surface area contributed by atoms with Crippen molar-refractivity contribution in [3.63, 3.8) is 0 Å². The predicted molar refractivity (Wildman–Crippen MR) is 99.3 cm³/mol. The molecule has 1 aromatic heterocycles. The van der Waals surface area contributed by atoms with Crippen molar-refractivity contribution >= 4 is 11.8 Å². The van der Waals surface area contributed by atoms with E-state index in [9.17, 15) is 9.59 Å². The van der Waals surface area contributed by atoms with Crippen molar-refractivity contribution in [1.82, 2.24) is 20.5 Å². The number of pyridine rings is 1. The Balaban J connectivity index is 1.89. The predicted octanol–water partition coefficient (Wildman–Crippen LogP) is 0.951. The van der Waals surface area contributed by atoms with Crippen LogP contribution in [0.4, 0.5) is 0 Å². The van der Waals surface area contributed by atoms with Gasteiger partial charge in [0, 0.05) is 64.6 Å². The monoisotopic (exact) mass is 362 g/mol. The summed E-state index contributed by atoms with van der Waals surface area (Å²) in [5.41, 5.74) is 1.12. The third-order valence-corrected chi connectivity index (χ3v) is 4.74. The Morgan fingerprint density at radius 1 is 1.42 bits per heavy atom. The average molecular weight is 362 g/mol. The number of ether oxygens (including phenoxy) is 1. The van der Waals surface area contributed by atoms with Gasteiger partial charge < -0.3 is 20.3 Å². The SMILES string of the molecule is COCCNC(=O)C1CCCC(NCc2cccnc2)CN(C)C(=O)C1. The van der Waals surface area contributed by atoms with Crippen molar-refractivity contribution in [3.8, 4) is 0 Å². The minimum atomic E-state index is -0.265. The molecule has 2 unspecified atom stereocenters. The number of rotatable bonds is 7. The Morgan fingerprint density at radius 3 is 3.00 bits per heavy atom. The highest BCUT2D eigenvalue weighted by Gasteiger charge is 2.26. The molecule has 2 amide bonds. The summed E-state index contributed by atoms with van der Waals surface area (Å²) < 4.78 is 4.96. The third-order valence-electron chi connectivity index (χ3n) is 4.74. The van der Waals surface area contributed by atoms with E-state index in [2.05, 4.69) is 15.6 Å². The van der Waals surface area contributed by atoms with Crippen LogP contribution in [0.5, 0.6) is 0 Å². The summed E-state index contributed by atoms with van der Waals surface area (Å²) >= 11 is 0. The molecule has 0 aromatic carbocycles. The summed E-state index contributed by atoms with van der Waals surface area (Å²) in [6.07, 6.45) is 6.44. The van der Waals surface area contributed by atoms with Crippen LogP contribution in [0, 0.1) is 5.92 Å². The van der Waals surface area contributed by atoms with Crippen LogP contribution >= 0.6 is 0 Å². The lowest BCUT2D eigenvalue weighted by Crippen LogP contribution is -2.42. The van der Waals surface area contributed by atoms with E-state index in [-0.39, 0.29) is 30.2 Å². The van der Waals surface area contributed by atoms with E-state index in [4.69, 9.17) is 4.74 Å². The minimum Gasteiger partial charge on any atom is -0.383 e. The summed E-state index contributed by atoms with van der Waals surface area (Å²) in [5, 5.41) is 6.38. The lowest BCUT2D eigenvalue weighted by Gasteiger charge is -2.24. The first-order chi connectivity index (χ1) is 12.6. The van der Waals surface area contributed by atoms with Gasteiger partial charge in [-0.15, -0.1) is 0 Å². The van der Waals surface area contributed by atoms with Crippen LogP contribution in [-0.2, 0) is 20.9 Å². The van der Waals surface area contributed by atoms with Crippen LogP contribution in [0.3, 0.4) is 0 Å². The normalized spacial score (nSPS) is 21.6. The average Bonchev–Trinajstić information content (AvgIpc) is 2.71. The topological polar surface area (TPSA) is 83.6 Å². The molecule has 7 nitrogen and oxygen atoms in total. The maximum atomic E-state index is 12.5. The second kappa shape index (κ2) is 10.9. The van der Waals surface area contributed by atoms with E-state index in [1.165, 1.54) is 0 Å². The van der Waals surface area contributed by atoms with Gasteiger partial charge in [0.25, 0.3) is 0 Å². The summed E-state index contributed by atoms with van der Waals surface area (Å²) in [4.78, 5) is 30.7. The molecule has 0 aliphatic carbocycles. The van der Waals surface area contributed by atoms with Gasteiger partial charge in [0.1, 0.15) is 0 Å². The van der Waals surface area contributed by atoms with Crippen LogP contribution in [-0.4, -0.2) is 61.6 Å². The number of hydrogen-bond acceptors (Lipinski definition) is 5. The van der Waals surface area contributed by atoms with E-state index >= 15 is 0 Å². The number of amides is 2. The zero-order chi connectivity index (χ0) is 18.8. The van der Waals surface area contributed by atoms with Gasteiger partial charge in [-0.1, -0.05) is 12.5 Å². The maximum absolute atomic E-state index is 12.5. The molecule has 2 rings (SSSR count). The van der Waals surface area contributed by atoms with Crippen molar-refractivity contribution in [3.05, 3.63) is 30.1 Å². The number of methoxy groups -OCH3 is 1. The number of hydrogen-bond donors (Lipinski definition) is 2. The molecule has 0 saturated carbocycles. The van der Waals surface area contributed by atoms with Gasteiger partial charge in [-0.3, -0.25) is 14.6 Å². The van der Waals surface area contributed by atoms with Gasteiger partial charge in [0.2, 0.25) is 11.8 Å². The standard InChI is InChI=1S/C19H30N4O3/c1-23-14-17(22-13-15-5-4-8-20-12-15)7-3-6-16(11-18(23)24)19(25)21-9-10-26-2/h4-5,8,12,16-17,22H,3,6-7,9-11,13-14H2,1-2H3,(H,21,25). The fourth-order valence-electron chi connectivity index (χ4n) is 3.18. The molecule has 1 aromatic rings. The molecule has 0 radical (unpaired) electrons. The second-order valence-electron chi connectivity index (χ2n) is 6.83. The lowest BCUT2D eigenvalue weighted by atomic mass is 9.96. The van der Waals surface area contributed by atoms with Gasteiger partial charge >= 0.3 is 0 Å². The summed E-state index contributed by atoms with van der Waals surface area (Å²) in [5.74, 6) is -0.295. The van der Waals surface area contributed by atoms with Gasteiger partial charge in [-0.25, -0.2) is 0 Å². The highest BCUT2D eigenvalue weighted by molar-refractivity contribution is 5.85. The summed E-state index contributed by atoms with van der Waals surface area (Å²) in [7, 11) is 3.41. The summed E-state index contributed by atoms with van der Waals surface area (Å²) in [6, 6.07) is 4.16. The highest BCUT2D eigenvalue weighted by atomic mass is 16.5. The quantitative estimate of drug-likeness (QED) is 0.706. The van der Waals surface area contributed by atoms with Gasteiger partial charge in [0.15, 0.2) is 0 Å². The fraction of sp³-hybridized carbons (Fsp3) is 0.632. The zero-order valence-corrected chi connectivity index (χ0v) is 15.7. The number of aromatic nitrogens is 1. The molecular weight excluding hydrogens is 332 g/mol. The Hall–Kier alpha value is -1.99. The van der Waals surface area contributed by atoms with Crippen LogP contribution in [0.15, 0.2) is 24.5 Å². The molecule has 144 valence electrons. The van der Waals surface area contributed by atoms with E-state index < -0.39 is 0 Å². The molecule has 0 bridgehead atoms. The molecule has 2 N–H and O–H groups in total. The van der Waals surface area contributed by atoms with Crippen molar-refractivity contribution in [2.75, 3.05) is 33.9 Å². The molecule has 1 fully saturated rings. The van der Waals surface area contributed by atoms with Crippen molar-refractivity contribution in [1.29, 1.82) is 0 Å². The molecule has 2 heterocycles. The van der Waals surface area contributed by atoms with Crippen LogP contribution < -0.4 is 10.6 Å². The van der Waals surface area contributed by atoms with E-state index in [0.717, 1.165) is 31.4 Å². The van der Waals surface area contributed by atoms with Crippen LogP contribution in [0.25, 0.3) is 0 Å². The van der Waals surface area contributed by atoms with Crippen molar-refractivity contribution in [2.24, 2.45) is 5.92 Å². The zero-order valence-electron chi connectivity index (χ0n) is 15.7. The number of carbonyl (C=O) groups is 2. The Kier molecular flexibility index (Phi) is 8.50. The number of carbonyl (C=O) groups excluding carboxylic acids is 2. The minimum absolute atomic E-state index is 0.0203. The Labute approximate surface area is 155 Å². The largest absolute Gasteiger partial charge is 0.383 e. The molecule has 2 atom stereocenters. The molecule has 0 spiro atoms. The first-order valence-electron chi connectivity index (χ1n) is 9.23. The lowest BCUT2D eigenvalue weighted by molar-refractivity contribution is -0.135. The summed E-state index contributed by atoms with van der Waals surface area (Å²) in [6.45, 7) is 2.33. The fourth-order valence-corrected chi connectivity index (χ4v) is 3.18. The molecule has 1 saturated heterocycles. The number of nitrogens with one attached hydrogen (secondary N) is 2. The van der Waals surface area contributed by atoms with Crippen LogP contribution in [0.1, 0.15) is 31.2 Å². The van der Waals surface area contributed by atoms with E-state index in [1.807, 2.05) is 25.4 Å². The first kappa shape index (κ1) is 20.3. The highest BCUT2D eigenvalue weighted by Crippen LogP contribution is 2.19. The number of nitrogens with zero attached hydrogens (tertiary/aromatic N) is 2. The second-order valence-corrected chi connectivity index (χ2v) is 6.83. The molecule has 1 aliphatic heterocycles. The maximum Gasteiger partial charge on any atom is 0.223 e. The molecule has 7 heteroatoms. The first-order valence-corrected chi connectivity index (χ1v) is 9.23. The van der Waals surface area contributed by atoms with Gasteiger partial charge in [-0.05, 0) is 24.5 Å². The van der Waals surface area contributed by atoms with E-state index in [0.29, 0.717) is 19.7 Å². The van der Waals surface area contributed by atoms with Crippen LogP contribution in [0.2, 0.25) is 0 Å².